The van der Waals surface area contributed by atoms with E-state index in [0.717, 1.165) is 7.11 Å². The van der Waals surface area contributed by atoms with E-state index in [1.807, 2.05) is 26.8 Å². The number of benzene rings is 1. The predicted octanol–water partition coefficient (Wildman–Crippen LogP) is 5.09. The molecular weight excluding hydrogens is 344 g/mol. The molecular formula is C21H34N2O2S. The average Bonchev–Trinajstić information content (AvgIpc) is 3.04. The number of aliphatic hydroxyl groups is 1. The number of thiophene rings is 1. The molecule has 0 saturated heterocycles. The highest BCUT2D eigenvalue weighted by atomic mass is 32.1. The molecule has 1 atom stereocenters. The molecule has 1 unspecified atom stereocenters. The lowest BCUT2D eigenvalue weighted by Gasteiger charge is -2.02. The van der Waals surface area contributed by atoms with Crippen LogP contribution >= 0.6 is 11.3 Å². The average molecular weight is 379 g/mol. The zero-order valence-corrected chi connectivity index (χ0v) is 17.9. The normalized spacial score (nSPS) is 10.8. The number of Topliss-reactive ketones (excluding diaryl/α,β-unsaturated/α-hetero) is 1. The maximum Gasteiger partial charge on any atom is 0.131 e. The van der Waals surface area contributed by atoms with Gasteiger partial charge in [-0.15, -0.1) is 11.3 Å². The predicted molar refractivity (Wildman–Crippen MR) is 116 cm³/mol. The molecule has 0 fully saturated rings. The Morgan fingerprint density at radius 2 is 1.69 bits per heavy atom. The van der Waals surface area contributed by atoms with Gasteiger partial charge in [-0.25, -0.2) is 0 Å². The molecule has 1 aromatic carbocycles. The van der Waals surface area contributed by atoms with Crippen LogP contribution in [0.3, 0.4) is 0 Å². The number of aliphatic hydroxyl groups excluding tert-OH is 1. The molecule has 0 aliphatic rings. The fourth-order valence-electron chi connectivity index (χ4n) is 2.07. The van der Waals surface area contributed by atoms with E-state index in [-0.39, 0.29) is 11.8 Å². The summed E-state index contributed by atoms with van der Waals surface area (Å²) in [7, 11) is 1.00. The summed E-state index contributed by atoms with van der Waals surface area (Å²) in [6.07, 6.45) is 0.481. The molecule has 0 aliphatic carbocycles. The summed E-state index contributed by atoms with van der Waals surface area (Å²) in [5.41, 5.74) is 8.00. The second kappa shape index (κ2) is 16.5. The lowest BCUT2D eigenvalue weighted by atomic mass is 10.1. The first-order chi connectivity index (χ1) is 12.4. The summed E-state index contributed by atoms with van der Waals surface area (Å²) in [5.74, 6) is 0.686. The minimum absolute atomic E-state index is 0.0301. The highest BCUT2D eigenvalue weighted by Crippen LogP contribution is 2.28. The van der Waals surface area contributed by atoms with Crippen LogP contribution in [0.5, 0.6) is 0 Å². The van der Waals surface area contributed by atoms with Crippen molar-refractivity contribution >= 4 is 23.0 Å². The Labute approximate surface area is 162 Å². The molecule has 0 spiro atoms. The topological polar surface area (TPSA) is 75.7 Å². The van der Waals surface area contributed by atoms with Crippen LogP contribution in [-0.4, -0.2) is 29.9 Å². The summed E-state index contributed by atoms with van der Waals surface area (Å²) in [6.45, 7) is 11.3. The number of rotatable bonds is 4. The van der Waals surface area contributed by atoms with E-state index in [9.17, 15) is 4.79 Å². The SMILES string of the molecule is CC.CC(=O)CC(C)N=C(C)N.CO.Cc1ccsc1-c1ccccc1. The summed E-state index contributed by atoms with van der Waals surface area (Å²) >= 11 is 1.80. The van der Waals surface area contributed by atoms with Crippen LogP contribution < -0.4 is 5.73 Å². The van der Waals surface area contributed by atoms with E-state index in [1.165, 1.54) is 16.0 Å². The van der Waals surface area contributed by atoms with Crippen molar-refractivity contribution < 1.29 is 9.90 Å². The standard InChI is InChI=1S/C11H10S.C7H14N2O.C2H6.CH4O/c1-9-7-8-12-11(9)10-5-3-2-4-6-10;1-5(4-6(2)10)9-7(3)8;2*1-2/h2-8H,1H3;5H,4H2,1-3H3,(H2,8,9);1-2H3;2H,1H3. The van der Waals surface area contributed by atoms with Crippen LogP contribution in [-0.2, 0) is 4.79 Å². The smallest absolute Gasteiger partial charge is 0.131 e. The van der Waals surface area contributed by atoms with Crippen LogP contribution in [0.15, 0.2) is 46.8 Å². The fourth-order valence-corrected chi connectivity index (χ4v) is 3.00. The molecule has 0 saturated carbocycles. The van der Waals surface area contributed by atoms with Gasteiger partial charge in [-0.05, 0) is 50.3 Å². The molecule has 2 rings (SSSR count). The molecule has 3 N–H and O–H groups in total. The molecule has 0 amide bonds. The number of hydrogen-bond acceptors (Lipinski definition) is 4. The van der Waals surface area contributed by atoms with Gasteiger partial charge >= 0.3 is 0 Å². The number of nitrogens with two attached hydrogens (primary N) is 1. The van der Waals surface area contributed by atoms with Gasteiger partial charge in [0.15, 0.2) is 0 Å². The van der Waals surface area contributed by atoms with Crippen LogP contribution in [0.2, 0.25) is 0 Å². The number of aryl methyl sites for hydroxylation is 1. The third-order valence-corrected chi connectivity index (χ3v) is 3.97. The Hall–Kier alpha value is -1.98. The van der Waals surface area contributed by atoms with Crippen LogP contribution in [0, 0.1) is 6.92 Å². The highest BCUT2D eigenvalue weighted by Gasteiger charge is 2.01. The van der Waals surface area contributed by atoms with E-state index in [2.05, 4.69) is 47.6 Å². The molecule has 5 heteroatoms. The minimum atomic E-state index is 0.0301. The van der Waals surface area contributed by atoms with Crippen molar-refractivity contribution in [3.05, 3.63) is 47.3 Å². The zero-order chi connectivity index (χ0) is 20.5. The first-order valence-corrected chi connectivity index (χ1v) is 9.61. The number of amidine groups is 1. The highest BCUT2D eigenvalue weighted by molar-refractivity contribution is 7.13. The summed E-state index contributed by atoms with van der Waals surface area (Å²) in [6, 6.07) is 12.7. The van der Waals surface area contributed by atoms with Gasteiger partial charge in [-0.3, -0.25) is 9.79 Å². The molecule has 1 aromatic heterocycles. The van der Waals surface area contributed by atoms with Crippen LogP contribution in [0.4, 0.5) is 0 Å². The Kier molecular flexibility index (Phi) is 16.6. The summed E-state index contributed by atoms with van der Waals surface area (Å²) < 4.78 is 0. The van der Waals surface area contributed by atoms with Gasteiger partial charge in [0.05, 0.1) is 11.9 Å². The van der Waals surface area contributed by atoms with Gasteiger partial charge in [0.25, 0.3) is 0 Å². The lowest BCUT2D eigenvalue weighted by Crippen LogP contribution is -2.12. The third kappa shape index (κ3) is 12.4. The third-order valence-electron chi connectivity index (χ3n) is 2.90. The molecule has 0 aliphatic heterocycles. The maximum atomic E-state index is 10.5. The Balaban J connectivity index is 0. The second-order valence-electron chi connectivity index (χ2n) is 5.32. The molecule has 4 nitrogen and oxygen atoms in total. The second-order valence-corrected chi connectivity index (χ2v) is 6.24. The van der Waals surface area contributed by atoms with Gasteiger partial charge < -0.3 is 10.8 Å². The number of hydrogen-bond donors (Lipinski definition) is 2. The van der Waals surface area contributed by atoms with Crippen LogP contribution in [0.1, 0.15) is 46.6 Å². The number of aliphatic imine (C=N–C) groups is 1. The number of carbonyl (C=O) groups is 1. The Morgan fingerprint density at radius 1 is 1.15 bits per heavy atom. The van der Waals surface area contributed by atoms with Crippen molar-refractivity contribution in [1.82, 2.24) is 0 Å². The number of ketones is 1. The van der Waals surface area contributed by atoms with Crippen molar-refractivity contribution in [3.8, 4) is 10.4 Å². The van der Waals surface area contributed by atoms with Gasteiger partial charge in [-0.2, -0.15) is 0 Å². The van der Waals surface area contributed by atoms with Crippen molar-refractivity contribution in [2.45, 2.75) is 54.0 Å². The first-order valence-electron chi connectivity index (χ1n) is 8.73. The van der Waals surface area contributed by atoms with Crippen LogP contribution in [0.25, 0.3) is 10.4 Å². The van der Waals surface area contributed by atoms with Gasteiger partial charge in [-0.1, -0.05) is 44.2 Å². The molecule has 1 heterocycles. The lowest BCUT2D eigenvalue weighted by molar-refractivity contribution is -0.117. The van der Waals surface area contributed by atoms with Gasteiger partial charge in [0, 0.05) is 18.4 Å². The van der Waals surface area contributed by atoms with E-state index >= 15 is 0 Å². The molecule has 146 valence electrons. The van der Waals surface area contributed by atoms with Crippen molar-refractivity contribution in [1.29, 1.82) is 0 Å². The first kappa shape index (κ1) is 26.3. The Bertz CT molecular complexity index is 618. The molecule has 26 heavy (non-hydrogen) atoms. The molecule has 2 aromatic rings. The van der Waals surface area contributed by atoms with Crippen molar-refractivity contribution in [2.24, 2.45) is 10.7 Å². The van der Waals surface area contributed by atoms with E-state index in [0.29, 0.717) is 12.3 Å². The number of nitrogens with zero attached hydrogens (tertiary/aromatic N) is 1. The molecule has 0 radical (unpaired) electrons. The summed E-state index contributed by atoms with van der Waals surface area (Å²) in [4.78, 5) is 15.9. The largest absolute Gasteiger partial charge is 0.400 e. The maximum absolute atomic E-state index is 10.5. The van der Waals surface area contributed by atoms with E-state index < -0.39 is 0 Å². The minimum Gasteiger partial charge on any atom is -0.400 e. The fraction of sp³-hybridized carbons (Fsp3) is 0.429. The molecule has 0 bridgehead atoms. The van der Waals surface area contributed by atoms with Gasteiger partial charge in [0.1, 0.15) is 5.78 Å². The zero-order valence-electron chi connectivity index (χ0n) is 17.1. The Morgan fingerprint density at radius 3 is 2.08 bits per heavy atom. The van der Waals surface area contributed by atoms with Gasteiger partial charge in [0.2, 0.25) is 0 Å². The quantitative estimate of drug-likeness (QED) is 0.575. The van der Waals surface area contributed by atoms with E-state index in [4.69, 9.17) is 10.8 Å². The monoisotopic (exact) mass is 378 g/mol. The number of carbonyl (C=O) groups excluding carboxylic acids is 1. The van der Waals surface area contributed by atoms with Crippen molar-refractivity contribution in [3.63, 3.8) is 0 Å². The van der Waals surface area contributed by atoms with E-state index in [1.54, 1.807) is 25.2 Å². The summed E-state index contributed by atoms with van der Waals surface area (Å²) in [5, 5.41) is 9.14. The van der Waals surface area contributed by atoms with Crippen molar-refractivity contribution in [2.75, 3.05) is 7.11 Å².